The van der Waals surface area contributed by atoms with Crippen LogP contribution in [-0.4, -0.2) is 10.8 Å². The van der Waals surface area contributed by atoms with Gasteiger partial charge in [-0.25, -0.2) is 4.39 Å². The fourth-order valence-corrected chi connectivity index (χ4v) is 1.88. The van der Waals surface area contributed by atoms with Crippen molar-refractivity contribution in [2.45, 2.75) is 13.8 Å². The molecular formula is C15H13FN2O3. The molecule has 2 rings (SSSR count). The largest absolute Gasteiger partial charge is 0.322 e. The third kappa shape index (κ3) is 3.22. The van der Waals surface area contributed by atoms with Crippen LogP contribution in [0.25, 0.3) is 0 Å². The molecule has 0 unspecified atom stereocenters. The predicted molar refractivity (Wildman–Crippen MR) is 76.9 cm³/mol. The zero-order chi connectivity index (χ0) is 15.6. The lowest BCUT2D eigenvalue weighted by molar-refractivity contribution is -0.384. The number of carbonyl (C=O) groups excluding carboxylic acids is 1. The van der Waals surface area contributed by atoms with E-state index in [1.807, 2.05) is 0 Å². The number of nitrogens with zero attached hydrogens (tertiary/aromatic N) is 1. The Balaban J connectivity index is 2.23. The first kappa shape index (κ1) is 14.6. The third-order valence-corrected chi connectivity index (χ3v) is 3.09. The average Bonchev–Trinajstić information content (AvgIpc) is 2.43. The molecule has 0 aliphatic heterocycles. The van der Waals surface area contributed by atoms with E-state index in [1.165, 1.54) is 36.4 Å². The molecule has 0 bridgehead atoms. The zero-order valence-corrected chi connectivity index (χ0v) is 11.5. The molecule has 0 saturated carbocycles. The number of nitrogens with one attached hydrogen (secondary N) is 1. The van der Waals surface area contributed by atoms with E-state index >= 15 is 0 Å². The maximum absolute atomic E-state index is 13.2. The fourth-order valence-electron chi connectivity index (χ4n) is 1.88. The number of nitro groups is 1. The summed E-state index contributed by atoms with van der Waals surface area (Å²) in [5.74, 6) is -0.770. The van der Waals surface area contributed by atoms with Crippen LogP contribution in [0.3, 0.4) is 0 Å². The summed E-state index contributed by atoms with van der Waals surface area (Å²) in [6, 6.07) is 8.24. The number of amides is 1. The van der Waals surface area contributed by atoms with Gasteiger partial charge in [-0.3, -0.25) is 14.9 Å². The zero-order valence-electron chi connectivity index (χ0n) is 11.5. The number of halogens is 1. The molecule has 2 aromatic rings. The molecule has 2 aromatic carbocycles. The van der Waals surface area contributed by atoms with E-state index in [-0.39, 0.29) is 11.5 Å². The maximum atomic E-state index is 13.2. The van der Waals surface area contributed by atoms with Gasteiger partial charge in [0.25, 0.3) is 11.6 Å². The van der Waals surface area contributed by atoms with E-state index in [0.717, 1.165) is 0 Å². The number of carbonyl (C=O) groups is 1. The van der Waals surface area contributed by atoms with Gasteiger partial charge in [-0.1, -0.05) is 0 Å². The first-order valence-electron chi connectivity index (χ1n) is 6.21. The predicted octanol–water partition coefficient (Wildman–Crippen LogP) is 3.60. The van der Waals surface area contributed by atoms with E-state index in [2.05, 4.69) is 5.32 Å². The summed E-state index contributed by atoms with van der Waals surface area (Å²) in [5.41, 5.74) is 1.72. The number of nitro benzene ring substituents is 1. The summed E-state index contributed by atoms with van der Waals surface area (Å²) in [6.45, 7) is 3.24. The van der Waals surface area contributed by atoms with Gasteiger partial charge in [-0.05, 0) is 49.2 Å². The van der Waals surface area contributed by atoms with Gasteiger partial charge in [0, 0.05) is 23.4 Å². The minimum Gasteiger partial charge on any atom is -0.322 e. The Labute approximate surface area is 120 Å². The van der Waals surface area contributed by atoms with E-state index in [9.17, 15) is 19.3 Å². The van der Waals surface area contributed by atoms with E-state index < -0.39 is 10.8 Å². The molecule has 0 aliphatic rings. The van der Waals surface area contributed by atoms with Crippen LogP contribution >= 0.6 is 0 Å². The van der Waals surface area contributed by atoms with Crippen molar-refractivity contribution in [1.82, 2.24) is 0 Å². The SMILES string of the molecule is Cc1cc(C(=O)Nc2ccc([N+](=O)[O-])cc2C)ccc1F. The summed E-state index contributed by atoms with van der Waals surface area (Å²) in [7, 11) is 0. The van der Waals surface area contributed by atoms with Gasteiger partial charge in [0.05, 0.1) is 4.92 Å². The molecule has 1 amide bonds. The smallest absolute Gasteiger partial charge is 0.269 e. The Morgan fingerprint density at radius 1 is 1.14 bits per heavy atom. The second-order valence-corrected chi connectivity index (χ2v) is 4.67. The maximum Gasteiger partial charge on any atom is 0.269 e. The highest BCUT2D eigenvalue weighted by Crippen LogP contribution is 2.22. The molecule has 0 heterocycles. The Kier molecular flexibility index (Phi) is 3.98. The molecule has 21 heavy (non-hydrogen) atoms. The minimum atomic E-state index is -0.498. The Bertz CT molecular complexity index is 729. The molecule has 5 nitrogen and oxygen atoms in total. The highest BCUT2D eigenvalue weighted by atomic mass is 19.1. The Hall–Kier alpha value is -2.76. The first-order valence-corrected chi connectivity index (χ1v) is 6.21. The molecule has 0 atom stereocenters. The molecule has 1 N–H and O–H groups in total. The molecule has 0 fully saturated rings. The number of hydrogen-bond donors (Lipinski definition) is 1. The Morgan fingerprint density at radius 2 is 1.86 bits per heavy atom. The molecular weight excluding hydrogens is 275 g/mol. The standard InChI is InChI=1S/C15H13FN2O3/c1-9-7-11(3-5-13(9)16)15(19)17-14-6-4-12(18(20)21)8-10(14)2/h3-8H,1-2H3,(H,17,19). The van der Waals surface area contributed by atoms with Gasteiger partial charge >= 0.3 is 0 Å². The molecule has 0 saturated heterocycles. The van der Waals surface area contributed by atoms with E-state index in [4.69, 9.17) is 0 Å². The number of benzene rings is 2. The molecule has 0 aromatic heterocycles. The summed E-state index contributed by atoms with van der Waals surface area (Å²) in [5, 5.41) is 13.3. The molecule has 0 aliphatic carbocycles. The monoisotopic (exact) mass is 288 g/mol. The van der Waals surface area contributed by atoms with Gasteiger partial charge in [-0.15, -0.1) is 0 Å². The second kappa shape index (κ2) is 5.70. The van der Waals surface area contributed by atoms with E-state index in [1.54, 1.807) is 13.8 Å². The molecule has 0 spiro atoms. The number of hydrogen-bond acceptors (Lipinski definition) is 3. The van der Waals surface area contributed by atoms with Crippen molar-refractivity contribution in [1.29, 1.82) is 0 Å². The van der Waals surface area contributed by atoms with E-state index in [0.29, 0.717) is 22.4 Å². The summed E-state index contributed by atoms with van der Waals surface area (Å²) < 4.78 is 13.2. The lowest BCUT2D eigenvalue weighted by atomic mass is 10.1. The molecule has 0 radical (unpaired) electrons. The van der Waals surface area contributed by atoms with Crippen molar-refractivity contribution >= 4 is 17.3 Å². The number of aryl methyl sites for hydroxylation is 2. The van der Waals surface area contributed by atoms with Crippen molar-refractivity contribution in [3.63, 3.8) is 0 Å². The van der Waals surface area contributed by atoms with Gasteiger partial charge < -0.3 is 5.32 Å². The van der Waals surface area contributed by atoms with Crippen LogP contribution in [0.15, 0.2) is 36.4 Å². The van der Waals surface area contributed by atoms with Crippen LogP contribution in [-0.2, 0) is 0 Å². The van der Waals surface area contributed by atoms with Crippen molar-refractivity contribution in [2.24, 2.45) is 0 Å². The summed E-state index contributed by atoms with van der Waals surface area (Å²) >= 11 is 0. The van der Waals surface area contributed by atoms with Crippen LogP contribution in [0.2, 0.25) is 0 Å². The fraction of sp³-hybridized carbons (Fsp3) is 0.133. The van der Waals surface area contributed by atoms with Crippen LogP contribution in [0.1, 0.15) is 21.5 Å². The highest BCUT2D eigenvalue weighted by Gasteiger charge is 2.12. The number of non-ortho nitro benzene ring substituents is 1. The van der Waals surface area contributed by atoms with Crippen molar-refractivity contribution in [2.75, 3.05) is 5.32 Å². The van der Waals surface area contributed by atoms with Crippen LogP contribution in [0.5, 0.6) is 0 Å². The van der Waals surface area contributed by atoms with Crippen molar-refractivity contribution < 1.29 is 14.1 Å². The van der Waals surface area contributed by atoms with Gasteiger partial charge in [-0.2, -0.15) is 0 Å². The van der Waals surface area contributed by atoms with Gasteiger partial charge in [0.15, 0.2) is 0 Å². The molecule has 6 heteroatoms. The lowest BCUT2D eigenvalue weighted by Gasteiger charge is -2.09. The lowest BCUT2D eigenvalue weighted by Crippen LogP contribution is -2.13. The third-order valence-electron chi connectivity index (χ3n) is 3.09. The molecule has 108 valence electrons. The van der Waals surface area contributed by atoms with Crippen LogP contribution in [0.4, 0.5) is 15.8 Å². The Morgan fingerprint density at radius 3 is 2.43 bits per heavy atom. The van der Waals surface area contributed by atoms with Gasteiger partial charge in [0.1, 0.15) is 5.82 Å². The topological polar surface area (TPSA) is 72.2 Å². The van der Waals surface area contributed by atoms with Gasteiger partial charge in [0.2, 0.25) is 0 Å². The normalized spacial score (nSPS) is 10.2. The average molecular weight is 288 g/mol. The minimum absolute atomic E-state index is 0.0388. The highest BCUT2D eigenvalue weighted by molar-refractivity contribution is 6.04. The summed E-state index contributed by atoms with van der Waals surface area (Å²) in [6.07, 6.45) is 0. The quantitative estimate of drug-likeness (QED) is 0.692. The van der Waals surface area contributed by atoms with Crippen LogP contribution < -0.4 is 5.32 Å². The number of rotatable bonds is 3. The second-order valence-electron chi connectivity index (χ2n) is 4.67. The first-order chi connectivity index (χ1) is 9.88. The van der Waals surface area contributed by atoms with Crippen molar-refractivity contribution in [3.05, 3.63) is 69.0 Å². The number of anilines is 1. The van der Waals surface area contributed by atoms with Crippen molar-refractivity contribution in [3.8, 4) is 0 Å². The van der Waals surface area contributed by atoms with Crippen LogP contribution in [0, 0.1) is 29.8 Å². The summed E-state index contributed by atoms with van der Waals surface area (Å²) in [4.78, 5) is 22.2.